The fraction of sp³-hybridized carbons (Fsp3) is 0.500. The summed E-state index contributed by atoms with van der Waals surface area (Å²) < 4.78 is 47.0. The van der Waals surface area contributed by atoms with Crippen LogP contribution in [0.15, 0.2) is 34.3 Å². The third-order valence-corrected chi connectivity index (χ3v) is 6.52. The molecule has 1 N–H and O–H groups in total. The first kappa shape index (κ1) is 19.8. The van der Waals surface area contributed by atoms with Crippen LogP contribution < -0.4 is 4.83 Å². The number of rotatable bonds is 9. The number of hydrazone groups is 1. The second-order valence-electron chi connectivity index (χ2n) is 4.80. The maximum Gasteiger partial charge on any atom is 0.338 e. The van der Waals surface area contributed by atoms with Gasteiger partial charge in [-0.05, 0) is 39.8 Å². The first-order chi connectivity index (χ1) is 10.7. The van der Waals surface area contributed by atoms with Gasteiger partial charge < -0.3 is 9.05 Å². The fourth-order valence-corrected chi connectivity index (χ4v) is 3.99. The molecule has 1 rings (SSSR count). The smallest absolute Gasteiger partial charge is 0.308 e. The Labute approximate surface area is 137 Å². The van der Waals surface area contributed by atoms with Crippen molar-refractivity contribution in [2.75, 3.05) is 13.2 Å². The lowest BCUT2D eigenvalue weighted by molar-refractivity contribution is 0.218. The van der Waals surface area contributed by atoms with Crippen molar-refractivity contribution in [3.63, 3.8) is 0 Å². The Morgan fingerprint density at radius 2 is 1.74 bits per heavy atom. The minimum atomic E-state index is -3.76. The fourth-order valence-electron chi connectivity index (χ4n) is 1.69. The van der Waals surface area contributed by atoms with Crippen molar-refractivity contribution in [1.29, 1.82) is 0 Å². The summed E-state index contributed by atoms with van der Waals surface area (Å²) in [6, 6.07) is 6.36. The van der Waals surface area contributed by atoms with Crippen LogP contribution in [0.5, 0.6) is 0 Å². The van der Waals surface area contributed by atoms with Crippen molar-refractivity contribution in [3.05, 3.63) is 29.8 Å². The van der Waals surface area contributed by atoms with Gasteiger partial charge in [0.15, 0.2) is 0 Å². The number of hydrogen-bond donors (Lipinski definition) is 1. The lowest BCUT2D eigenvalue weighted by Crippen LogP contribution is -2.20. The van der Waals surface area contributed by atoms with Crippen LogP contribution >= 0.6 is 7.60 Å². The van der Waals surface area contributed by atoms with E-state index in [1.54, 1.807) is 32.9 Å². The first-order valence-electron chi connectivity index (χ1n) is 7.25. The summed E-state index contributed by atoms with van der Waals surface area (Å²) in [6.07, 6.45) is 1.22. The standard InChI is InChI=1S/C14H23N2O5PS/c1-5-20-22(17,21-6-2)13(4)11-15-16-23(18,19)14-9-7-12(3)8-10-14/h7-11,13,16H,5-6H2,1-4H3/b15-11-. The van der Waals surface area contributed by atoms with E-state index >= 15 is 0 Å². The molecule has 1 atom stereocenters. The van der Waals surface area contributed by atoms with Gasteiger partial charge in [-0.1, -0.05) is 17.7 Å². The van der Waals surface area contributed by atoms with Gasteiger partial charge in [-0.15, -0.1) is 0 Å². The summed E-state index contributed by atoms with van der Waals surface area (Å²) in [5, 5.41) is 3.68. The zero-order valence-electron chi connectivity index (χ0n) is 13.7. The van der Waals surface area contributed by atoms with Crippen molar-refractivity contribution >= 4 is 23.8 Å². The average Bonchev–Trinajstić information content (AvgIpc) is 2.48. The van der Waals surface area contributed by atoms with E-state index < -0.39 is 23.3 Å². The third-order valence-electron chi connectivity index (χ3n) is 2.91. The van der Waals surface area contributed by atoms with E-state index in [2.05, 4.69) is 9.93 Å². The quantitative estimate of drug-likeness (QED) is 0.414. The molecule has 0 fully saturated rings. The molecule has 0 aromatic heterocycles. The average molecular weight is 362 g/mol. The summed E-state index contributed by atoms with van der Waals surface area (Å²) in [6.45, 7) is 7.32. The summed E-state index contributed by atoms with van der Waals surface area (Å²) >= 11 is 0. The molecule has 0 aliphatic rings. The molecule has 130 valence electrons. The van der Waals surface area contributed by atoms with Gasteiger partial charge in [0, 0.05) is 6.21 Å². The van der Waals surface area contributed by atoms with Gasteiger partial charge in [-0.25, -0.2) is 4.83 Å². The van der Waals surface area contributed by atoms with Gasteiger partial charge >= 0.3 is 7.60 Å². The Kier molecular flexibility index (Phi) is 7.41. The molecular formula is C14H23N2O5PS. The number of nitrogens with one attached hydrogen (secondary N) is 1. The predicted molar refractivity (Wildman–Crippen MR) is 90.3 cm³/mol. The van der Waals surface area contributed by atoms with Crippen LogP contribution in [0.4, 0.5) is 0 Å². The molecule has 0 bridgehead atoms. The predicted octanol–water partition coefficient (Wildman–Crippen LogP) is 2.91. The molecule has 23 heavy (non-hydrogen) atoms. The van der Waals surface area contributed by atoms with E-state index in [1.165, 1.54) is 18.3 Å². The highest BCUT2D eigenvalue weighted by atomic mass is 32.2. The minimum absolute atomic E-state index is 0.103. The van der Waals surface area contributed by atoms with E-state index in [-0.39, 0.29) is 18.1 Å². The van der Waals surface area contributed by atoms with Crippen molar-refractivity contribution < 1.29 is 22.0 Å². The lowest BCUT2D eigenvalue weighted by atomic mass is 10.2. The van der Waals surface area contributed by atoms with Crippen LogP contribution in [0.3, 0.4) is 0 Å². The molecule has 0 aliphatic carbocycles. The highest BCUT2D eigenvalue weighted by Gasteiger charge is 2.30. The van der Waals surface area contributed by atoms with Crippen molar-refractivity contribution in [2.24, 2.45) is 5.10 Å². The molecule has 0 spiro atoms. The molecule has 1 unspecified atom stereocenters. The maximum absolute atomic E-state index is 12.5. The summed E-state index contributed by atoms with van der Waals surface area (Å²) in [4.78, 5) is 2.19. The zero-order valence-corrected chi connectivity index (χ0v) is 15.4. The van der Waals surface area contributed by atoms with E-state index in [0.717, 1.165) is 5.56 Å². The summed E-state index contributed by atoms with van der Waals surface area (Å²) in [5.74, 6) is 0. The van der Waals surface area contributed by atoms with Gasteiger partial charge in [-0.2, -0.15) is 13.5 Å². The number of sulfonamides is 1. The van der Waals surface area contributed by atoms with Crippen molar-refractivity contribution in [2.45, 2.75) is 38.2 Å². The Hall–Kier alpha value is -1.21. The monoisotopic (exact) mass is 362 g/mol. The number of aryl methyl sites for hydroxylation is 1. The zero-order chi connectivity index (χ0) is 17.5. The van der Waals surface area contributed by atoms with Gasteiger partial charge in [0.2, 0.25) is 0 Å². The highest BCUT2D eigenvalue weighted by molar-refractivity contribution is 7.89. The van der Waals surface area contributed by atoms with Gasteiger partial charge in [-0.3, -0.25) is 4.57 Å². The maximum atomic E-state index is 12.5. The molecule has 0 saturated carbocycles. The second-order valence-corrected chi connectivity index (χ2v) is 8.87. The normalized spacial score (nSPS) is 14.1. The van der Waals surface area contributed by atoms with Crippen LogP contribution in [-0.2, 0) is 23.6 Å². The number of benzene rings is 1. The first-order valence-corrected chi connectivity index (χ1v) is 10.3. The Morgan fingerprint density at radius 3 is 2.22 bits per heavy atom. The second kappa shape index (κ2) is 8.59. The van der Waals surface area contributed by atoms with Gasteiger partial charge in [0.25, 0.3) is 10.0 Å². The number of hydrogen-bond acceptors (Lipinski definition) is 6. The van der Waals surface area contributed by atoms with E-state index in [9.17, 15) is 13.0 Å². The Morgan fingerprint density at radius 1 is 1.22 bits per heavy atom. The van der Waals surface area contributed by atoms with Crippen LogP contribution in [-0.4, -0.2) is 33.5 Å². The summed E-state index contributed by atoms with van der Waals surface area (Å²) in [5.41, 5.74) is 0.276. The third kappa shape index (κ3) is 5.73. The minimum Gasteiger partial charge on any atom is -0.308 e. The molecule has 0 radical (unpaired) electrons. The van der Waals surface area contributed by atoms with Crippen LogP contribution in [0, 0.1) is 6.92 Å². The Bertz CT molecular complexity index is 663. The van der Waals surface area contributed by atoms with Gasteiger partial charge in [0.05, 0.1) is 23.8 Å². The van der Waals surface area contributed by atoms with E-state index in [1.807, 2.05) is 6.92 Å². The molecule has 7 nitrogen and oxygen atoms in total. The number of nitrogens with zero attached hydrogens (tertiary/aromatic N) is 1. The highest BCUT2D eigenvalue weighted by Crippen LogP contribution is 2.52. The van der Waals surface area contributed by atoms with E-state index in [4.69, 9.17) is 9.05 Å². The van der Waals surface area contributed by atoms with Crippen LogP contribution in [0.25, 0.3) is 0 Å². The van der Waals surface area contributed by atoms with Crippen molar-refractivity contribution in [1.82, 2.24) is 4.83 Å². The van der Waals surface area contributed by atoms with Crippen molar-refractivity contribution in [3.8, 4) is 0 Å². The lowest BCUT2D eigenvalue weighted by Gasteiger charge is -2.20. The summed E-state index contributed by atoms with van der Waals surface area (Å²) in [7, 11) is -7.12. The molecule has 1 aromatic rings. The van der Waals surface area contributed by atoms with Crippen LogP contribution in [0.2, 0.25) is 0 Å². The molecule has 9 heteroatoms. The molecule has 0 saturated heterocycles. The molecule has 0 amide bonds. The topological polar surface area (TPSA) is 94.1 Å². The van der Waals surface area contributed by atoms with Gasteiger partial charge in [0.1, 0.15) is 0 Å². The largest absolute Gasteiger partial charge is 0.338 e. The SMILES string of the molecule is CCOP(=O)(OCC)C(C)/C=N\NS(=O)(=O)c1ccc(C)cc1. The van der Waals surface area contributed by atoms with E-state index in [0.29, 0.717) is 0 Å². The molecule has 1 aromatic carbocycles. The molecular weight excluding hydrogens is 339 g/mol. The van der Waals surface area contributed by atoms with Crippen LogP contribution in [0.1, 0.15) is 26.3 Å². The molecule has 0 heterocycles. The molecule has 0 aliphatic heterocycles. The Balaban J connectivity index is 2.80.